The lowest BCUT2D eigenvalue weighted by Crippen LogP contribution is -2.19. The average Bonchev–Trinajstić information content (AvgIpc) is 2.49. The van der Waals surface area contributed by atoms with E-state index >= 15 is 0 Å². The van der Waals surface area contributed by atoms with Crippen LogP contribution in [-0.4, -0.2) is 11.5 Å². The molecule has 0 unspecified atom stereocenters. The van der Waals surface area contributed by atoms with Crippen molar-refractivity contribution in [1.29, 1.82) is 0 Å². The maximum atomic E-state index is 5.85. The summed E-state index contributed by atoms with van der Waals surface area (Å²) in [6.07, 6.45) is 0. The molecule has 0 fully saturated rings. The minimum absolute atomic E-state index is 0.394. The van der Waals surface area contributed by atoms with Crippen LogP contribution in [0.4, 0.5) is 11.5 Å². The van der Waals surface area contributed by atoms with E-state index in [2.05, 4.69) is 69.0 Å². The van der Waals surface area contributed by atoms with E-state index in [0.717, 1.165) is 23.6 Å². The highest BCUT2D eigenvalue weighted by molar-refractivity contribution is 5.64. The molecular formula is C18H25N3. The molecule has 1 aromatic carbocycles. The van der Waals surface area contributed by atoms with Crippen LogP contribution in [0.5, 0.6) is 0 Å². The molecule has 0 aliphatic rings. The van der Waals surface area contributed by atoms with Crippen LogP contribution in [-0.2, 0) is 6.54 Å². The van der Waals surface area contributed by atoms with E-state index in [1.165, 1.54) is 11.3 Å². The zero-order valence-corrected chi connectivity index (χ0v) is 13.4. The predicted octanol–water partition coefficient (Wildman–Crippen LogP) is 4.13. The smallest absolute Gasteiger partial charge is 0.133 e. The Morgan fingerprint density at radius 1 is 1.19 bits per heavy atom. The van der Waals surface area contributed by atoms with Crippen molar-refractivity contribution in [3.63, 3.8) is 0 Å². The van der Waals surface area contributed by atoms with Crippen LogP contribution in [0.15, 0.2) is 36.4 Å². The van der Waals surface area contributed by atoms with E-state index in [1.54, 1.807) is 0 Å². The molecule has 2 aromatic rings. The van der Waals surface area contributed by atoms with E-state index in [1.807, 2.05) is 0 Å². The van der Waals surface area contributed by atoms with Gasteiger partial charge in [0.2, 0.25) is 0 Å². The van der Waals surface area contributed by atoms with E-state index in [4.69, 9.17) is 10.7 Å². The molecule has 21 heavy (non-hydrogen) atoms. The fourth-order valence-electron chi connectivity index (χ4n) is 2.47. The first-order valence-electron chi connectivity index (χ1n) is 7.60. The van der Waals surface area contributed by atoms with E-state index < -0.39 is 0 Å². The molecule has 0 aliphatic carbocycles. The van der Waals surface area contributed by atoms with Crippen molar-refractivity contribution >= 4 is 11.5 Å². The number of rotatable bonds is 5. The number of hydrogen-bond donors (Lipinski definition) is 1. The first-order valence-corrected chi connectivity index (χ1v) is 7.60. The fraction of sp³-hybridized carbons (Fsp3) is 0.389. The standard InChI is InChI=1S/C18H25N3/c1-5-21(17-9-7-6-8-14(17)4)18-11-15(12-19)10-16(20-18)13(2)3/h6-11,13H,5,12,19H2,1-4H3. The van der Waals surface area contributed by atoms with Gasteiger partial charge < -0.3 is 10.6 Å². The third-order valence-corrected chi connectivity index (χ3v) is 3.72. The van der Waals surface area contributed by atoms with Gasteiger partial charge in [0.15, 0.2) is 0 Å². The molecular weight excluding hydrogens is 258 g/mol. The van der Waals surface area contributed by atoms with Gasteiger partial charge in [-0.05, 0) is 49.1 Å². The molecule has 0 saturated carbocycles. The summed E-state index contributed by atoms with van der Waals surface area (Å²) in [5.74, 6) is 1.38. The topological polar surface area (TPSA) is 42.1 Å². The largest absolute Gasteiger partial charge is 0.326 e. The summed E-state index contributed by atoms with van der Waals surface area (Å²) in [7, 11) is 0. The van der Waals surface area contributed by atoms with Crippen LogP contribution in [0.3, 0.4) is 0 Å². The van der Waals surface area contributed by atoms with Gasteiger partial charge in [0, 0.05) is 24.5 Å². The summed E-state index contributed by atoms with van der Waals surface area (Å²) in [6, 6.07) is 12.6. The molecule has 0 saturated heterocycles. The maximum Gasteiger partial charge on any atom is 0.133 e. The number of nitrogens with zero attached hydrogens (tertiary/aromatic N) is 2. The van der Waals surface area contributed by atoms with E-state index in [0.29, 0.717) is 12.5 Å². The molecule has 1 heterocycles. The second kappa shape index (κ2) is 6.72. The number of benzene rings is 1. The second-order valence-electron chi connectivity index (χ2n) is 5.65. The number of pyridine rings is 1. The van der Waals surface area contributed by atoms with Crippen molar-refractivity contribution in [3.05, 3.63) is 53.2 Å². The fourth-order valence-corrected chi connectivity index (χ4v) is 2.47. The number of hydrogen-bond acceptors (Lipinski definition) is 3. The molecule has 0 spiro atoms. The van der Waals surface area contributed by atoms with Crippen LogP contribution < -0.4 is 10.6 Å². The highest BCUT2D eigenvalue weighted by Crippen LogP contribution is 2.28. The van der Waals surface area contributed by atoms with Gasteiger partial charge in [0.25, 0.3) is 0 Å². The van der Waals surface area contributed by atoms with Gasteiger partial charge in [-0.2, -0.15) is 0 Å². The number of aryl methyl sites for hydroxylation is 1. The third kappa shape index (κ3) is 3.42. The lowest BCUT2D eigenvalue weighted by molar-refractivity contribution is 0.809. The Labute approximate surface area is 127 Å². The van der Waals surface area contributed by atoms with Crippen molar-refractivity contribution in [1.82, 2.24) is 4.98 Å². The normalized spacial score (nSPS) is 11.0. The number of anilines is 2. The van der Waals surface area contributed by atoms with Gasteiger partial charge in [0.05, 0.1) is 0 Å². The summed E-state index contributed by atoms with van der Waals surface area (Å²) in [4.78, 5) is 7.09. The summed E-state index contributed by atoms with van der Waals surface area (Å²) in [5, 5.41) is 0. The van der Waals surface area contributed by atoms with Crippen molar-refractivity contribution < 1.29 is 0 Å². The lowest BCUT2D eigenvalue weighted by Gasteiger charge is -2.25. The molecule has 0 amide bonds. The summed E-state index contributed by atoms with van der Waals surface area (Å²) in [6.45, 7) is 10.0. The molecule has 0 radical (unpaired) electrons. The predicted molar refractivity (Wildman–Crippen MR) is 90.1 cm³/mol. The Kier molecular flexibility index (Phi) is 4.97. The Balaban J connectivity index is 2.52. The zero-order valence-electron chi connectivity index (χ0n) is 13.4. The van der Waals surface area contributed by atoms with Crippen LogP contribution in [0, 0.1) is 6.92 Å². The van der Waals surface area contributed by atoms with Crippen LogP contribution in [0.1, 0.15) is 43.5 Å². The van der Waals surface area contributed by atoms with Gasteiger partial charge in [-0.1, -0.05) is 32.0 Å². The van der Waals surface area contributed by atoms with Crippen LogP contribution in [0.25, 0.3) is 0 Å². The summed E-state index contributed by atoms with van der Waals surface area (Å²) in [5.41, 5.74) is 10.5. The number of para-hydroxylation sites is 1. The van der Waals surface area contributed by atoms with Crippen LogP contribution >= 0.6 is 0 Å². The Bertz CT molecular complexity index is 605. The van der Waals surface area contributed by atoms with Gasteiger partial charge in [-0.3, -0.25) is 0 Å². The Morgan fingerprint density at radius 3 is 2.48 bits per heavy atom. The lowest BCUT2D eigenvalue weighted by atomic mass is 10.1. The molecule has 0 atom stereocenters. The molecule has 112 valence electrons. The molecule has 2 N–H and O–H groups in total. The minimum atomic E-state index is 0.394. The first kappa shape index (κ1) is 15.5. The van der Waals surface area contributed by atoms with Crippen LogP contribution in [0.2, 0.25) is 0 Å². The van der Waals surface area contributed by atoms with Gasteiger partial charge >= 0.3 is 0 Å². The summed E-state index contributed by atoms with van der Waals surface area (Å²) < 4.78 is 0. The highest BCUT2D eigenvalue weighted by Gasteiger charge is 2.13. The number of nitrogens with two attached hydrogens (primary N) is 1. The van der Waals surface area contributed by atoms with E-state index in [-0.39, 0.29) is 0 Å². The van der Waals surface area contributed by atoms with Crippen molar-refractivity contribution in [3.8, 4) is 0 Å². The van der Waals surface area contributed by atoms with Crippen molar-refractivity contribution in [2.24, 2.45) is 5.73 Å². The third-order valence-electron chi connectivity index (χ3n) is 3.72. The molecule has 2 rings (SSSR count). The first-order chi connectivity index (χ1) is 10.1. The Hall–Kier alpha value is -1.87. The monoisotopic (exact) mass is 283 g/mol. The number of aromatic nitrogens is 1. The van der Waals surface area contributed by atoms with Gasteiger partial charge in [-0.15, -0.1) is 0 Å². The summed E-state index contributed by atoms with van der Waals surface area (Å²) >= 11 is 0. The Morgan fingerprint density at radius 2 is 1.90 bits per heavy atom. The van der Waals surface area contributed by atoms with Gasteiger partial charge in [0.1, 0.15) is 5.82 Å². The molecule has 0 bridgehead atoms. The molecule has 3 nitrogen and oxygen atoms in total. The van der Waals surface area contributed by atoms with E-state index in [9.17, 15) is 0 Å². The zero-order chi connectivity index (χ0) is 15.4. The SMILES string of the molecule is CCN(c1cc(CN)cc(C(C)C)n1)c1ccccc1C. The van der Waals surface area contributed by atoms with Gasteiger partial charge in [-0.25, -0.2) is 4.98 Å². The highest BCUT2D eigenvalue weighted by atomic mass is 15.2. The maximum absolute atomic E-state index is 5.85. The van der Waals surface area contributed by atoms with Crippen molar-refractivity contribution in [2.45, 2.75) is 40.2 Å². The average molecular weight is 283 g/mol. The molecule has 3 heteroatoms. The molecule has 0 aliphatic heterocycles. The quantitative estimate of drug-likeness (QED) is 0.897. The molecule has 1 aromatic heterocycles. The second-order valence-corrected chi connectivity index (χ2v) is 5.65. The van der Waals surface area contributed by atoms with Crippen molar-refractivity contribution in [2.75, 3.05) is 11.4 Å². The minimum Gasteiger partial charge on any atom is -0.326 e.